The molecule has 0 atom stereocenters. The average Bonchev–Trinajstić information content (AvgIpc) is 2.85. The van der Waals surface area contributed by atoms with Gasteiger partial charge in [-0.15, -0.1) is 12.4 Å². The summed E-state index contributed by atoms with van der Waals surface area (Å²) in [6.07, 6.45) is 0. The summed E-state index contributed by atoms with van der Waals surface area (Å²) in [5.74, 6) is -0.611. The lowest BCUT2D eigenvalue weighted by atomic mass is 10.2. The first-order valence-electron chi connectivity index (χ1n) is 7.81. The molecule has 0 unspecified atom stereocenters. The maximum atomic E-state index is 11.8. The standard InChI is InChI=1S/C17H23N5O2.ClH/c1-12-15(9-19-17(24)10-20-16(23)8-18)13(2)22(21-12)11-14-6-4-3-5-7-14;/h3-7H,8-11,18H2,1-2H3,(H,19,24)(H,20,23);1H. The summed E-state index contributed by atoms with van der Waals surface area (Å²) >= 11 is 0. The van der Waals surface area contributed by atoms with Crippen molar-refractivity contribution >= 4 is 24.2 Å². The van der Waals surface area contributed by atoms with Crippen molar-refractivity contribution in [1.82, 2.24) is 20.4 Å². The third kappa shape index (κ3) is 5.88. The molecule has 0 spiro atoms. The highest BCUT2D eigenvalue weighted by Crippen LogP contribution is 2.14. The smallest absolute Gasteiger partial charge is 0.239 e. The van der Waals surface area contributed by atoms with E-state index < -0.39 is 0 Å². The van der Waals surface area contributed by atoms with Crippen LogP contribution >= 0.6 is 12.4 Å². The van der Waals surface area contributed by atoms with Crippen molar-refractivity contribution in [2.75, 3.05) is 13.1 Å². The van der Waals surface area contributed by atoms with Crippen LogP contribution in [0.3, 0.4) is 0 Å². The zero-order valence-electron chi connectivity index (χ0n) is 14.4. The summed E-state index contributed by atoms with van der Waals surface area (Å²) in [7, 11) is 0. The number of halogens is 1. The number of benzene rings is 1. The number of nitrogens with two attached hydrogens (primary N) is 1. The normalized spacial score (nSPS) is 10.0. The van der Waals surface area contributed by atoms with Crippen molar-refractivity contribution in [2.45, 2.75) is 26.9 Å². The SMILES string of the molecule is Cc1nn(Cc2ccccc2)c(C)c1CNC(=O)CNC(=O)CN.Cl. The van der Waals surface area contributed by atoms with Gasteiger partial charge in [0.15, 0.2) is 0 Å². The molecular formula is C17H24ClN5O2. The van der Waals surface area contributed by atoms with E-state index in [0.717, 1.165) is 17.0 Å². The van der Waals surface area contributed by atoms with Gasteiger partial charge in [0.25, 0.3) is 0 Å². The molecule has 2 aromatic rings. The van der Waals surface area contributed by atoms with E-state index >= 15 is 0 Å². The summed E-state index contributed by atoms with van der Waals surface area (Å²) in [5, 5.41) is 9.78. The zero-order valence-corrected chi connectivity index (χ0v) is 15.2. The summed E-state index contributed by atoms with van der Waals surface area (Å²) in [4.78, 5) is 22.8. The molecule has 25 heavy (non-hydrogen) atoms. The molecule has 0 bridgehead atoms. The molecule has 0 radical (unpaired) electrons. The van der Waals surface area contributed by atoms with E-state index in [-0.39, 0.29) is 37.3 Å². The van der Waals surface area contributed by atoms with Crippen molar-refractivity contribution in [2.24, 2.45) is 5.73 Å². The predicted molar refractivity (Wildman–Crippen MR) is 98.4 cm³/mol. The van der Waals surface area contributed by atoms with Crippen molar-refractivity contribution in [3.05, 3.63) is 52.8 Å². The summed E-state index contributed by atoms with van der Waals surface area (Å²) in [6.45, 7) is 4.77. The average molecular weight is 366 g/mol. The maximum Gasteiger partial charge on any atom is 0.239 e. The number of hydrogen-bond acceptors (Lipinski definition) is 4. The van der Waals surface area contributed by atoms with Crippen LogP contribution in [0.4, 0.5) is 0 Å². The lowest BCUT2D eigenvalue weighted by Crippen LogP contribution is -2.39. The topological polar surface area (TPSA) is 102 Å². The Morgan fingerprint density at radius 3 is 2.44 bits per heavy atom. The highest BCUT2D eigenvalue weighted by atomic mass is 35.5. The third-order valence-corrected chi connectivity index (χ3v) is 3.80. The van der Waals surface area contributed by atoms with Crippen LogP contribution in [0.15, 0.2) is 30.3 Å². The zero-order chi connectivity index (χ0) is 17.5. The number of nitrogens with one attached hydrogen (secondary N) is 2. The molecule has 1 heterocycles. The third-order valence-electron chi connectivity index (χ3n) is 3.80. The van der Waals surface area contributed by atoms with Gasteiger partial charge >= 0.3 is 0 Å². The van der Waals surface area contributed by atoms with Gasteiger partial charge in [-0.3, -0.25) is 14.3 Å². The fourth-order valence-corrected chi connectivity index (χ4v) is 2.40. The van der Waals surface area contributed by atoms with Crippen LogP contribution < -0.4 is 16.4 Å². The molecule has 4 N–H and O–H groups in total. The molecular weight excluding hydrogens is 342 g/mol. The molecule has 1 aromatic heterocycles. The number of rotatable bonds is 7. The molecule has 7 nitrogen and oxygen atoms in total. The van der Waals surface area contributed by atoms with E-state index in [0.29, 0.717) is 13.1 Å². The van der Waals surface area contributed by atoms with Gasteiger partial charge in [-0.05, 0) is 19.4 Å². The van der Waals surface area contributed by atoms with E-state index in [2.05, 4.69) is 27.9 Å². The first kappa shape index (κ1) is 20.7. The quantitative estimate of drug-likeness (QED) is 0.670. The molecule has 8 heteroatoms. The Morgan fingerprint density at radius 2 is 1.80 bits per heavy atom. The van der Waals surface area contributed by atoms with Gasteiger partial charge in [-0.1, -0.05) is 30.3 Å². The first-order chi connectivity index (χ1) is 11.5. The van der Waals surface area contributed by atoms with Crippen LogP contribution in [0.25, 0.3) is 0 Å². The fraction of sp³-hybridized carbons (Fsp3) is 0.353. The van der Waals surface area contributed by atoms with E-state index in [4.69, 9.17) is 5.73 Å². The highest BCUT2D eigenvalue weighted by Gasteiger charge is 2.13. The molecule has 136 valence electrons. The molecule has 2 amide bonds. The molecule has 1 aromatic carbocycles. The minimum Gasteiger partial charge on any atom is -0.350 e. The Kier molecular flexibility index (Phi) is 8.10. The van der Waals surface area contributed by atoms with Gasteiger partial charge in [-0.25, -0.2) is 0 Å². The Labute approximate surface area is 153 Å². The van der Waals surface area contributed by atoms with Crippen LogP contribution in [0, 0.1) is 13.8 Å². The lowest BCUT2D eigenvalue weighted by molar-refractivity contribution is -0.125. The molecule has 0 saturated carbocycles. The minimum absolute atomic E-state index is 0. The van der Waals surface area contributed by atoms with Crippen LogP contribution in [0.1, 0.15) is 22.5 Å². The Bertz CT molecular complexity index is 715. The van der Waals surface area contributed by atoms with E-state index in [1.165, 1.54) is 5.56 Å². The second kappa shape index (κ2) is 9.80. The summed E-state index contributed by atoms with van der Waals surface area (Å²) in [6, 6.07) is 10.1. The number of nitrogens with zero attached hydrogens (tertiary/aromatic N) is 2. The monoisotopic (exact) mass is 365 g/mol. The van der Waals surface area contributed by atoms with Gasteiger partial charge in [-0.2, -0.15) is 5.10 Å². The molecule has 0 aliphatic rings. The van der Waals surface area contributed by atoms with Gasteiger partial charge in [0, 0.05) is 17.8 Å². The van der Waals surface area contributed by atoms with E-state index in [9.17, 15) is 9.59 Å². The number of hydrogen-bond donors (Lipinski definition) is 3. The van der Waals surface area contributed by atoms with Crippen LogP contribution in [-0.2, 0) is 22.7 Å². The Balaban J connectivity index is 0.00000312. The van der Waals surface area contributed by atoms with Crippen LogP contribution in [0.5, 0.6) is 0 Å². The second-order valence-electron chi connectivity index (χ2n) is 5.55. The minimum atomic E-state index is -0.354. The molecule has 0 fully saturated rings. The number of carbonyl (C=O) groups is 2. The lowest BCUT2D eigenvalue weighted by Gasteiger charge is -2.08. The van der Waals surface area contributed by atoms with Gasteiger partial charge < -0.3 is 16.4 Å². The van der Waals surface area contributed by atoms with Gasteiger partial charge in [0.05, 0.1) is 25.3 Å². The van der Waals surface area contributed by atoms with E-state index in [1.54, 1.807) is 0 Å². The summed E-state index contributed by atoms with van der Waals surface area (Å²) in [5.41, 5.74) is 9.23. The van der Waals surface area contributed by atoms with E-state index in [1.807, 2.05) is 36.7 Å². The number of amides is 2. The first-order valence-corrected chi connectivity index (χ1v) is 7.81. The largest absolute Gasteiger partial charge is 0.350 e. The van der Waals surface area contributed by atoms with Gasteiger partial charge in [0.2, 0.25) is 11.8 Å². The van der Waals surface area contributed by atoms with Crippen molar-refractivity contribution in [1.29, 1.82) is 0 Å². The number of carbonyl (C=O) groups excluding carboxylic acids is 2. The van der Waals surface area contributed by atoms with Gasteiger partial charge in [0.1, 0.15) is 0 Å². The van der Waals surface area contributed by atoms with Crippen LogP contribution in [-0.4, -0.2) is 34.7 Å². The number of aryl methyl sites for hydroxylation is 1. The van der Waals surface area contributed by atoms with Crippen molar-refractivity contribution in [3.63, 3.8) is 0 Å². The molecule has 0 aliphatic heterocycles. The summed E-state index contributed by atoms with van der Waals surface area (Å²) < 4.78 is 1.93. The van der Waals surface area contributed by atoms with Crippen molar-refractivity contribution in [3.8, 4) is 0 Å². The highest BCUT2D eigenvalue weighted by molar-refractivity contribution is 5.85. The Morgan fingerprint density at radius 1 is 1.12 bits per heavy atom. The fourth-order valence-electron chi connectivity index (χ4n) is 2.40. The Hall–Kier alpha value is -2.38. The second-order valence-corrected chi connectivity index (χ2v) is 5.55. The maximum absolute atomic E-state index is 11.8. The molecule has 0 aliphatic carbocycles. The molecule has 0 saturated heterocycles. The molecule has 2 rings (SSSR count). The van der Waals surface area contributed by atoms with Crippen LogP contribution in [0.2, 0.25) is 0 Å². The predicted octanol–water partition coefficient (Wildman–Crippen LogP) is 0.661. The number of aromatic nitrogens is 2. The van der Waals surface area contributed by atoms with Crippen molar-refractivity contribution < 1.29 is 9.59 Å².